The van der Waals surface area contributed by atoms with Crippen molar-refractivity contribution in [2.24, 2.45) is 5.92 Å². The first-order chi connectivity index (χ1) is 7.22. The molecule has 0 aliphatic heterocycles. The molecule has 0 N–H and O–H groups in total. The molecule has 0 unspecified atom stereocenters. The summed E-state index contributed by atoms with van der Waals surface area (Å²) in [7, 11) is 6.26. The fraction of sp³-hybridized carbons (Fsp3) is 0.923. The number of hydrogen-bond acceptors (Lipinski definition) is 2. The van der Waals surface area contributed by atoms with E-state index in [0.717, 1.165) is 5.92 Å². The van der Waals surface area contributed by atoms with Crippen molar-refractivity contribution < 1.29 is 52.2 Å². The standard InChI is InChI=1S/C12H25N2S.CH3.U.W/c1-13-12-6-4-11(5-7-12)10-15-9-8-14(2)3;;;/h11-12H,4-10H2,1-3H3;1H3;;/q2*-1;;+2. The Labute approximate surface area is 157 Å². The van der Waals surface area contributed by atoms with Crippen LogP contribution in [0.1, 0.15) is 25.7 Å². The van der Waals surface area contributed by atoms with Gasteiger partial charge in [0.25, 0.3) is 0 Å². The smallest absolute Gasteiger partial charge is 0.662 e. The quantitative estimate of drug-likeness (QED) is 0.320. The van der Waals surface area contributed by atoms with Gasteiger partial charge < -0.3 is 17.6 Å². The Balaban J connectivity index is -0.000000750. The molecule has 0 atom stereocenters. The van der Waals surface area contributed by atoms with Gasteiger partial charge in [-0.2, -0.15) is 18.8 Å². The maximum absolute atomic E-state index is 4.39. The third kappa shape index (κ3) is 11.8. The van der Waals surface area contributed by atoms with Crippen LogP contribution in [-0.4, -0.2) is 50.1 Å². The van der Waals surface area contributed by atoms with E-state index < -0.39 is 0 Å². The Bertz CT molecular complexity index is 165. The van der Waals surface area contributed by atoms with E-state index in [-0.39, 0.29) is 59.6 Å². The van der Waals surface area contributed by atoms with Crippen LogP contribution < -0.4 is 0 Å². The molecule has 0 radical (unpaired) electrons. The molecular formula is C13H28N2SUW. The van der Waals surface area contributed by atoms with Crippen LogP contribution in [0.2, 0.25) is 0 Å². The molecule has 0 aromatic carbocycles. The van der Waals surface area contributed by atoms with E-state index in [0.29, 0.717) is 6.04 Å². The molecule has 0 heterocycles. The molecule has 0 bridgehead atoms. The predicted octanol–water partition coefficient (Wildman–Crippen LogP) is 3.29. The summed E-state index contributed by atoms with van der Waals surface area (Å²) in [5.41, 5.74) is 0. The third-order valence-electron chi connectivity index (χ3n) is 3.22. The average Bonchev–Trinajstić information content (AvgIpc) is 2.25. The Hall–Kier alpha value is 2.01. The first-order valence-corrected chi connectivity index (χ1v) is 7.19. The van der Waals surface area contributed by atoms with E-state index in [4.69, 9.17) is 0 Å². The number of rotatable bonds is 6. The fourth-order valence-electron chi connectivity index (χ4n) is 2.07. The van der Waals surface area contributed by atoms with Gasteiger partial charge in [-0.3, -0.25) is 0 Å². The molecular weight excluding hydrogens is 638 g/mol. The van der Waals surface area contributed by atoms with Gasteiger partial charge in [0.05, 0.1) is 0 Å². The molecule has 0 aromatic rings. The van der Waals surface area contributed by atoms with E-state index in [1.807, 2.05) is 7.05 Å². The van der Waals surface area contributed by atoms with Crippen LogP contribution in [0.3, 0.4) is 0 Å². The predicted molar refractivity (Wildman–Crippen MR) is 77.3 cm³/mol. The molecule has 1 rings (SSSR count). The molecule has 1 aliphatic rings. The van der Waals surface area contributed by atoms with Gasteiger partial charge in [-0.25, -0.2) is 0 Å². The largest absolute Gasteiger partial charge is 2.00 e. The number of nitrogens with zero attached hydrogens (tertiary/aromatic N) is 2. The summed E-state index contributed by atoms with van der Waals surface area (Å²) in [5, 5.41) is 4.39. The second-order valence-electron chi connectivity index (χ2n) is 4.81. The normalized spacial score (nSPS) is 22.7. The second kappa shape index (κ2) is 15.4. The van der Waals surface area contributed by atoms with Crippen molar-refractivity contribution in [1.82, 2.24) is 4.90 Å². The van der Waals surface area contributed by atoms with Crippen molar-refractivity contribution in [3.63, 3.8) is 0 Å². The van der Waals surface area contributed by atoms with Crippen molar-refractivity contribution in [2.45, 2.75) is 31.7 Å². The van der Waals surface area contributed by atoms with Crippen LogP contribution in [0.25, 0.3) is 5.32 Å². The second-order valence-corrected chi connectivity index (χ2v) is 5.96. The first kappa shape index (κ1) is 25.0. The van der Waals surface area contributed by atoms with Crippen LogP contribution in [0.5, 0.6) is 0 Å². The summed E-state index contributed by atoms with van der Waals surface area (Å²) in [5.74, 6) is 3.62. The van der Waals surface area contributed by atoms with Gasteiger partial charge in [0.1, 0.15) is 0 Å². The van der Waals surface area contributed by atoms with Crippen molar-refractivity contribution in [1.29, 1.82) is 0 Å². The third-order valence-corrected chi connectivity index (χ3v) is 4.40. The summed E-state index contributed by atoms with van der Waals surface area (Å²) in [4.78, 5) is 2.26. The molecule has 18 heavy (non-hydrogen) atoms. The molecule has 0 aromatic heterocycles. The molecule has 5 heteroatoms. The minimum absolute atomic E-state index is 0. The summed E-state index contributed by atoms with van der Waals surface area (Å²) in [6.07, 6.45) is 5.46. The van der Waals surface area contributed by atoms with Crippen molar-refractivity contribution in [3.8, 4) is 0 Å². The zero-order valence-electron chi connectivity index (χ0n) is 12.3. The Kier molecular flexibility index (Phi) is 21.4. The van der Waals surface area contributed by atoms with Crippen LogP contribution in [-0.2, 0) is 21.1 Å². The van der Waals surface area contributed by atoms with Crippen molar-refractivity contribution >= 4 is 11.8 Å². The molecule has 1 fully saturated rings. The topological polar surface area (TPSA) is 17.3 Å². The summed E-state index contributed by atoms with van der Waals surface area (Å²) < 4.78 is 0. The average molecular weight is 666 g/mol. The fourth-order valence-corrected chi connectivity index (χ4v) is 3.39. The van der Waals surface area contributed by atoms with Crippen LogP contribution >= 0.6 is 11.8 Å². The van der Waals surface area contributed by atoms with Crippen molar-refractivity contribution in [2.75, 3.05) is 39.2 Å². The number of thioether (sulfide) groups is 1. The minimum atomic E-state index is 0. The minimum Gasteiger partial charge on any atom is -0.662 e. The van der Waals surface area contributed by atoms with E-state index in [2.05, 4.69) is 36.1 Å². The van der Waals surface area contributed by atoms with Gasteiger partial charge in [-0.1, -0.05) is 25.7 Å². The molecule has 1 saturated carbocycles. The SMILES string of the molecule is C[N-]C1CCC(CSCCN(C)C)CC1.[CH3-].[U].[W+2]. The molecule has 0 saturated heterocycles. The van der Waals surface area contributed by atoms with Crippen LogP contribution in [0, 0.1) is 44.5 Å². The van der Waals surface area contributed by atoms with Gasteiger partial charge >= 0.3 is 21.1 Å². The Morgan fingerprint density at radius 2 is 1.72 bits per heavy atom. The maximum Gasteiger partial charge on any atom is 2.00 e. The van der Waals surface area contributed by atoms with E-state index in [1.54, 1.807) is 0 Å². The maximum atomic E-state index is 4.39. The van der Waals surface area contributed by atoms with Gasteiger partial charge in [0, 0.05) is 43.4 Å². The summed E-state index contributed by atoms with van der Waals surface area (Å²) in [6.45, 7) is 1.21. The monoisotopic (exact) mass is 666 g/mol. The first-order valence-electron chi connectivity index (χ1n) is 6.03. The van der Waals surface area contributed by atoms with Gasteiger partial charge in [0.2, 0.25) is 0 Å². The van der Waals surface area contributed by atoms with Gasteiger partial charge in [-0.15, -0.1) is 6.04 Å². The van der Waals surface area contributed by atoms with E-state index in [9.17, 15) is 0 Å². The Morgan fingerprint density at radius 3 is 2.17 bits per heavy atom. The Morgan fingerprint density at radius 1 is 1.17 bits per heavy atom. The van der Waals surface area contributed by atoms with E-state index >= 15 is 0 Å². The molecule has 0 amide bonds. The van der Waals surface area contributed by atoms with E-state index in [1.165, 1.54) is 43.7 Å². The molecule has 2 nitrogen and oxygen atoms in total. The molecule has 106 valence electrons. The van der Waals surface area contributed by atoms with Gasteiger partial charge in [0.15, 0.2) is 0 Å². The van der Waals surface area contributed by atoms with Crippen molar-refractivity contribution in [3.05, 3.63) is 12.7 Å². The summed E-state index contributed by atoms with van der Waals surface area (Å²) >= 11 is 2.12. The zero-order valence-corrected chi connectivity index (χ0v) is 20.2. The van der Waals surface area contributed by atoms with Gasteiger partial charge in [-0.05, 0) is 25.8 Å². The summed E-state index contributed by atoms with van der Waals surface area (Å²) in [6, 6.07) is 0.674. The molecule has 0 spiro atoms. The number of hydrogen-bond donors (Lipinski definition) is 0. The molecule has 1 aliphatic carbocycles. The van der Waals surface area contributed by atoms with Crippen LogP contribution in [0.15, 0.2) is 0 Å². The van der Waals surface area contributed by atoms with Crippen LogP contribution in [0.4, 0.5) is 0 Å². The zero-order chi connectivity index (χ0) is 11.1.